The molecule has 1 amide bonds. The molecule has 2 atom stereocenters. The van der Waals surface area contributed by atoms with Crippen LogP contribution in [0.25, 0.3) is 0 Å². The van der Waals surface area contributed by atoms with Crippen LogP contribution in [0, 0.1) is 17.1 Å². The Morgan fingerprint density at radius 3 is 2.67 bits per heavy atom. The number of H-pyrrole nitrogens is 1. The van der Waals surface area contributed by atoms with Gasteiger partial charge in [0.25, 0.3) is 11.5 Å². The maximum Gasteiger partial charge on any atom is 0.265 e. The molecule has 1 aromatic carbocycles. The highest BCUT2D eigenvalue weighted by atomic mass is 19.3. The van der Waals surface area contributed by atoms with E-state index < -0.39 is 35.8 Å². The van der Waals surface area contributed by atoms with E-state index in [0.717, 1.165) is 0 Å². The molecule has 1 aliphatic rings. The van der Waals surface area contributed by atoms with E-state index in [1.165, 1.54) is 48.8 Å². The van der Waals surface area contributed by atoms with Crippen LogP contribution in [0.15, 0.2) is 59.7 Å². The number of nitriles is 1. The number of amides is 1. The summed E-state index contributed by atoms with van der Waals surface area (Å²) in [5, 5.41) is 11.7. The number of alkyl halides is 2. The third kappa shape index (κ3) is 5.55. The molecule has 2 aromatic heterocycles. The Morgan fingerprint density at radius 2 is 2.00 bits per heavy atom. The molecule has 1 aliphatic heterocycles. The fraction of sp³-hybridized carbons (Fsp3) is 0.280. The Labute approximate surface area is 204 Å². The van der Waals surface area contributed by atoms with E-state index in [4.69, 9.17) is 10.00 Å². The van der Waals surface area contributed by atoms with Crippen LogP contribution in [-0.2, 0) is 4.79 Å². The summed E-state index contributed by atoms with van der Waals surface area (Å²) in [6, 6.07) is 10.7. The number of pyridine rings is 2. The molecule has 3 aromatic rings. The van der Waals surface area contributed by atoms with Crippen molar-refractivity contribution in [3.8, 4) is 17.6 Å². The summed E-state index contributed by atoms with van der Waals surface area (Å²) in [6.07, 6.45) is 2.10. The minimum absolute atomic E-state index is 0.00950. The van der Waals surface area contributed by atoms with Crippen LogP contribution in [0.3, 0.4) is 0 Å². The molecule has 186 valence electrons. The first-order valence-corrected chi connectivity index (χ1v) is 11.1. The number of piperidine rings is 1. The number of aromatic nitrogens is 2. The number of aromatic amines is 1. The van der Waals surface area contributed by atoms with Crippen LogP contribution < -0.4 is 15.6 Å². The van der Waals surface area contributed by atoms with Gasteiger partial charge in [-0.25, -0.2) is 18.2 Å². The van der Waals surface area contributed by atoms with Crippen LogP contribution in [0.5, 0.6) is 11.5 Å². The number of carbonyl (C=O) groups is 1. The molecule has 2 N–H and O–H groups in total. The summed E-state index contributed by atoms with van der Waals surface area (Å²) >= 11 is 0. The van der Waals surface area contributed by atoms with Crippen LogP contribution in [0.4, 0.5) is 19.0 Å². The summed E-state index contributed by atoms with van der Waals surface area (Å²) in [6.45, 7) is 1.45. The van der Waals surface area contributed by atoms with E-state index in [9.17, 15) is 22.8 Å². The predicted molar refractivity (Wildman–Crippen MR) is 124 cm³/mol. The number of nitrogens with one attached hydrogen (secondary N) is 2. The van der Waals surface area contributed by atoms with Crippen molar-refractivity contribution in [3.63, 3.8) is 0 Å². The number of rotatable bonds is 6. The highest BCUT2D eigenvalue weighted by Crippen LogP contribution is 2.40. The Kier molecular flexibility index (Phi) is 7.07. The summed E-state index contributed by atoms with van der Waals surface area (Å²) in [5.41, 5.74) is -0.762. The quantitative estimate of drug-likeness (QED) is 0.532. The number of anilines is 1. The molecule has 0 bridgehead atoms. The molecule has 0 aliphatic carbocycles. The Morgan fingerprint density at radius 1 is 1.28 bits per heavy atom. The second-order valence-corrected chi connectivity index (χ2v) is 8.45. The number of hydrogen-bond acceptors (Lipinski definition) is 6. The molecule has 3 heterocycles. The molecule has 0 radical (unpaired) electrons. The second kappa shape index (κ2) is 10.2. The van der Waals surface area contributed by atoms with Crippen molar-refractivity contribution in [3.05, 3.63) is 82.2 Å². The van der Waals surface area contributed by atoms with Gasteiger partial charge >= 0.3 is 0 Å². The summed E-state index contributed by atoms with van der Waals surface area (Å²) in [5.74, 6) is -4.14. The lowest BCUT2D eigenvalue weighted by Crippen LogP contribution is -2.52. The molecule has 4 rings (SSSR count). The second-order valence-electron chi connectivity index (χ2n) is 8.45. The first-order chi connectivity index (χ1) is 17.2. The Balaban J connectivity index is 1.41. The van der Waals surface area contributed by atoms with Gasteiger partial charge in [-0.2, -0.15) is 5.26 Å². The summed E-state index contributed by atoms with van der Waals surface area (Å²) in [7, 11) is 0. The normalized spacial score (nSPS) is 18.1. The Hall–Kier alpha value is -4.17. The van der Waals surface area contributed by atoms with Crippen molar-refractivity contribution < 1.29 is 22.7 Å². The fourth-order valence-corrected chi connectivity index (χ4v) is 3.96. The fourth-order valence-electron chi connectivity index (χ4n) is 3.96. The van der Waals surface area contributed by atoms with Crippen molar-refractivity contribution >= 4 is 11.7 Å². The third-order valence-electron chi connectivity index (χ3n) is 6.07. The van der Waals surface area contributed by atoms with Crippen molar-refractivity contribution in [1.29, 1.82) is 5.26 Å². The van der Waals surface area contributed by atoms with E-state index in [1.54, 1.807) is 24.0 Å². The van der Waals surface area contributed by atoms with E-state index in [-0.39, 0.29) is 35.9 Å². The number of hydrogen-bond donors (Lipinski definition) is 2. The van der Waals surface area contributed by atoms with E-state index in [2.05, 4.69) is 15.3 Å². The maximum absolute atomic E-state index is 14.7. The standard InChI is InChI=1S/C25H22F3N5O3/c1-15(23(34)32-22-7-6-20(13-30-22)36-19-4-2-18(26)3-5-19)33-9-8-25(27,28)21(14-33)17-10-16(11-29)24(35)31-12-17/h2-7,10,12-13,15,21H,8-9,14H2,1H3,(H,31,35)(H,30,32,34). The lowest BCUT2D eigenvalue weighted by Gasteiger charge is -2.40. The number of ether oxygens (including phenoxy) is 1. The molecule has 11 heteroatoms. The summed E-state index contributed by atoms with van der Waals surface area (Å²) < 4.78 is 48.1. The van der Waals surface area contributed by atoms with Gasteiger partial charge in [-0.1, -0.05) is 0 Å². The van der Waals surface area contributed by atoms with Gasteiger partial charge in [0.1, 0.15) is 34.8 Å². The van der Waals surface area contributed by atoms with Gasteiger partial charge in [-0.15, -0.1) is 0 Å². The molecule has 0 spiro atoms. The average molecular weight is 497 g/mol. The molecule has 0 saturated carbocycles. The zero-order valence-electron chi connectivity index (χ0n) is 19.2. The van der Waals surface area contributed by atoms with E-state index in [0.29, 0.717) is 11.5 Å². The minimum atomic E-state index is -3.07. The number of halogens is 3. The van der Waals surface area contributed by atoms with Crippen LogP contribution in [0.1, 0.15) is 30.4 Å². The van der Waals surface area contributed by atoms with Gasteiger partial charge in [-0.05, 0) is 55.0 Å². The predicted octanol–water partition coefficient (Wildman–Crippen LogP) is 4.02. The topological polar surface area (TPSA) is 111 Å². The average Bonchev–Trinajstić information content (AvgIpc) is 2.86. The molecule has 36 heavy (non-hydrogen) atoms. The van der Waals surface area contributed by atoms with Crippen molar-refractivity contribution in [2.45, 2.75) is 31.2 Å². The smallest absolute Gasteiger partial charge is 0.265 e. The van der Waals surface area contributed by atoms with Gasteiger partial charge in [0, 0.05) is 25.7 Å². The molecular formula is C25H22F3N5O3. The van der Waals surface area contributed by atoms with Gasteiger partial charge in [0.15, 0.2) is 0 Å². The number of likely N-dealkylation sites (tertiary alicyclic amines) is 1. The van der Waals surface area contributed by atoms with Crippen molar-refractivity contribution in [1.82, 2.24) is 14.9 Å². The highest BCUT2D eigenvalue weighted by molar-refractivity contribution is 5.93. The molecule has 1 saturated heterocycles. The van der Waals surface area contributed by atoms with E-state index in [1.807, 2.05) is 0 Å². The molecular weight excluding hydrogens is 475 g/mol. The number of carbonyl (C=O) groups excluding carboxylic acids is 1. The minimum Gasteiger partial charge on any atom is -0.456 e. The van der Waals surface area contributed by atoms with Gasteiger partial charge in [0.05, 0.1) is 18.2 Å². The summed E-state index contributed by atoms with van der Waals surface area (Å²) in [4.78, 5) is 32.6. The van der Waals surface area contributed by atoms with Gasteiger partial charge in [0.2, 0.25) is 5.91 Å². The van der Waals surface area contributed by atoms with Crippen molar-refractivity contribution in [2.24, 2.45) is 0 Å². The van der Waals surface area contributed by atoms with Crippen molar-refractivity contribution in [2.75, 3.05) is 18.4 Å². The number of nitrogens with zero attached hydrogens (tertiary/aromatic N) is 3. The lowest BCUT2D eigenvalue weighted by atomic mass is 9.86. The zero-order chi connectivity index (χ0) is 25.9. The molecule has 2 unspecified atom stereocenters. The molecule has 8 nitrogen and oxygen atoms in total. The highest BCUT2D eigenvalue weighted by Gasteiger charge is 2.46. The lowest BCUT2D eigenvalue weighted by molar-refractivity contribution is -0.125. The zero-order valence-corrected chi connectivity index (χ0v) is 19.2. The van der Waals surface area contributed by atoms with Crippen LogP contribution in [-0.4, -0.2) is 45.8 Å². The Bertz CT molecular complexity index is 1340. The van der Waals surface area contributed by atoms with Crippen LogP contribution in [0.2, 0.25) is 0 Å². The van der Waals surface area contributed by atoms with Crippen LogP contribution >= 0.6 is 0 Å². The third-order valence-corrected chi connectivity index (χ3v) is 6.07. The molecule has 1 fully saturated rings. The SMILES string of the molecule is CC(C(=O)Nc1ccc(Oc2ccc(F)cc2)cn1)N1CCC(F)(F)C(c2c[nH]c(=O)c(C#N)c2)C1. The monoisotopic (exact) mass is 497 g/mol. The van der Waals surface area contributed by atoms with Gasteiger partial charge in [-0.3, -0.25) is 14.5 Å². The first kappa shape index (κ1) is 24.9. The first-order valence-electron chi connectivity index (χ1n) is 11.1. The van der Waals surface area contributed by atoms with Gasteiger partial charge < -0.3 is 15.0 Å². The largest absolute Gasteiger partial charge is 0.456 e. The maximum atomic E-state index is 14.7. The number of benzene rings is 1. The van der Waals surface area contributed by atoms with E-state index >= 15 is 0 Å².